The first kappa shape index (κ1) is 18.2. The Hall–Kier alpha value is -2.60. The Morgan fingerprint density at radius 2 is 1.77 bits per heavy atom. The van der Waals surface area contributed by atoms with Crippen molar-refractivity contribution in [1.29, 1.82) is 0 Å². The minimum atomic E-state index is -1.02. The number of anilines is 1. The summed E-state index contributed by atoms with van der Waals surface area (Å²) in [4.78, 5) is 26.3. The summed E-state index contributed by atoms with van der Waals surface area (Å²) in [6.45, 7) is 2.43. The molecule has 0 atom stereocenters. The number of fused-ring (bicyclic) bond motifs is 1. The van der Waals surface area contributed by atoms with Gasteiger partial charge in [-0.1, -0.05) is 34.1 Å². The molecule has 0 aliphatic carbocycles. The first-order valence-electron chi connectivity index (χ1n) is 8.29. The molecule has 26 heavy (non-hydrogen) atoms. The third kappa shape index (κ3) is 3.24. The molecule has 0 radical (unpaired) electrons. The summed E-state index contributed by atoms with van der Waals surface area (Å²) in [7, 11) is 1.70. The van der Waals surface area contributed by atoms with Gasteiger partial charge in [-0.2, -0.15) is 0 Å². The maximum Gasteiger partial charge on any atom is 0.352 e. The van der Waals surface area contributed by atoms with E-state index in [1.54, 1.807) is 16.5 Å². The van der Waals surface area contributed by atoms with Crippen molar-refractivity contribution in [3.8, 4) is 0 Å². The van der Waals surface area contributed by atoms with Crippen LogP contribution in [0.5, 0.6) is 0 Å². The zero-order chi connectivity index (χ0) is 18.8. The molecule has 3 rings (SSSR count). The van der Waals surface area contributed by atoms with Gasteiger partial charge in [0.05, 0.1) is 6.42 Å². The summed E-state index contributed by atoms with van der Waals surface area (Å²) in [5.41, 5.74) is 2.34. The van der Waals surface area contributed by atoms with Crippen LogP contribution in [-0.4, -0.2) is 28.6 Å². The molecule has 0 spiro atoms. The van der Waals surface area contributed by atoms with Gasteiger partial charge in [0.2, 0.25) is 5.91 Å². The van der Waals surface area contributed by atoms with E-state index in [2.05, 4.69) is 15.9 Å². The first-order valence-corrected chi connectivity index (χ1v) is 9.08. The van der Waals surface area contributed by atoms with Crippen molar-refractivity contribution >= 4 is 44.4 Å². The molecule has 0 bridgehead atoms. The van der Waals surface area contributed by atoms with Gasteiger partial charge in [-0.05, 0) is 37.3 Å². The van der Waals surface area contributed by atoms with Crippen LogP contribution in [0.3, 0.4) is 0 Å². The SMILES string of the molecule is CCn1c(C(=O)O)c(CC(=O)N(C)c2ccc(Br)cc2)c2ccccc21. The normalized spacial score (nSPS) is 10.9. The smallest absolute Gasteiger partial charge is 0.352 e. The number of nitrogens with zero attached hydrogens (tertiary/aromatic N) is 2. The van der Waals surface area contributed by atoms with Crippen molar-refractivity contribution in [1.82, 2.24) is 4.57 Å². The van der Waals surface area contributed by atoms with E-state index in [0.717, 1.165) is 21.1 Å². The van der Waals surface area contributed by atoms with Crippen molar-refractivity contribution in [2.45, 2.75) is 19.9 Å². The van der Waals surface area contributed by atoms with E-state index >= 15 is 0 Å². The van der Waals surface area contributed by atoms with Gasteiger partial charge in [-0.25, -0.2) is 4.79 Å². The summed E-state index contributed by atoms with van der Waals surface area (Å²) in [5, 5.41) is 10.5. The number of aryl methyl sites for hydroxylation is 1. The zero-order valence-electron chi connectivity index (χ0n) is 14.6. The second-order valence-electron chi connectivity index (χ2n) is 6.00. The molecule has 0 aliphatic rings. The third-order valence-corrected chi connectivity index (χ3v) is 5.04. The molecule has 1 N–H and O–H groups in total. The number of carbonyl (C=O) groups excluding carboxylic acids is 1. The Labute approximate surface area is 160 Å². The molecular weight excluding hydrogens is 396 g/mol. The molecule has 0 saturated carbocycles. The van der Waals surface area contributed by atoms with Gasteiger partial charge in [0.1, 0.15) is 5.69 Å². The summed E-state index contributed by atoms with van der Waals surface area (Å²) >= 11 is 3.38. The molecule has 5 nitrogen and oxygen atoms in total. The predicted octanol–water partition coefficient (Wildman–Crippen LogP) is 4.33. The first-order chi connectivity index (χ1) is 12.4. The number of carboxylic acid groups (broad SMARTS) is 1. The second-order valence-corrected chi connectivity index (χ2v) is 6.92. The number of para-hydroxylation sites is 1. The van der Waals surface area contributed by atoms with Gasteiger partial charge in [-0.15, -0.1) is 0 Å². The Morgan fingerprint density at radius 3 is 2.38 bits per heavy atom. The van der Waals surface area contributed by atoms with Gasteiger partial charge in [0.25, 0.3) is 0 Å². The highest BCUT2D eigenvalue weighted by molar-refractivity contribution is 9.10. The number of hydrogen-bond donors (Lipinski definition) is 1. The number of aromatic nitrogens is 1. The van der Waals surface area contributed by atoms with Gasteiger partial charge in [-0.3, -0.25) is 4.79 Å². The fourth-order valence-corrected chi connectivity index (χ4v) is 3.47. The summed E-state index contributed by atoms with van der Waals surface area (Å²) < 4.78 is 2.68. The quantitative estimate of drug-likeness (QED) is 0.675. The van der Waals surface area contributed by atoms with Gasteiger partial charge >= 0.3 is 5.97 Å². The molecule has 134 valence electrons. The highest BCUT2D eigenvalue weighted by Crippen LogP contribution is 2.28. The summed E-state index contributed by atoms with van der Waals surface area (Å²) in [5.74, 6) is -1.18. The van der Waals surface area contributed by atoms with Crippen molar-refractivity contribution in [2.24, 2.45) is 0 Å². The van der Waals surface area contributed by atoms with Crippen LogP contribution in [0.2, 0.25) is 0 Å². The lowest BCUT2D eigenvalue weighted by atomic mass is 10.1. The van der Waals surface area contributed by atoms with E-state index in [1.807, 2.05) is 55.5 Å². The summed E-state index contributed by atoms with van der Waals surface area (Å²) in [6.07, 6.45) is 0.0295. The van der Waals surface area contributed by atoms with Crippen LogP contribution in [0, 0.1) is 0 Å². The van der Waals surface area contributed by atoms with E-state index in [9.17, 15) is 14.7 Å². The molecule has 0 saturated heterocycles. The average molecular weight is 415 g/mol. The average Bonchev–Trinajstić information content (AvgIpc) is 2.95. The van der Waals surface area contributed by atoms with E-state index in [1.165, 1.54) is 0 Å². The number of amides is 1. The van der Waals surface area contributed by atoms with Gasteiger partial charge < -0.3 is 14.6 Å². The van der Waals surface area contributed by atoms with Crippen LogP contribution in [-0.2, 0) is 17.8 Å². The highest BCUT2D eigenvalue weighted by Gasteiger charge is 2.24. The predicted molar refractivity (Wildman–Crippen MR) is 106 cm³/mol. The minimum absolute atomic E-state index is 0.0295. The lowest BCUT2D eigenvalue weighted by Gasteiger charge is -2.17. The number of aromatic carboxylic acids is 1. The zero-order valence-corrected chi connectivity index (χ0v) is 16.2. The molecule has 6 heteroatoms. The van der Waals surface area contributed by atoms with Crippen LogP contribution < -0.4 is 4.90 Å². The van der Waals surface area contributed by atoms with Crippen molar-refractivity contribution in [3.63, 3.8) is 0 Å². The molecule has 1 amide bonds. The van der Waals surface area contributed by atoms with Crippen LogP contribution in [0.25, 0.3) is 10.9 Å². The molecule has 1 aromatic heterocycles. The number of halogens is 1. The Balaban J connectivity index is 2.02. The molecule has 3 aromatic rings. The minimum Gasteiger partial charge on any atom is -0.477 e. The largest absolute Gasteiger partial charge is 0.477 e. The lowest BCUT2D eigenvalue weighted by molar-refractivity contribution is -0.117. The van der Waals surface area contributed by atoms with Crippen LogP contribution >= 0.6 is 15.9 Å². The number of benzene rings is 2. The lowest BCUT2D eigenvalue weighted by Crippen LogP contribution is -2.28. The Morgan fingerprint density at radius 1 is 1.12 bits per heavy atom. The van der Waals surface area contributed by atoms with Crippen LogP contribution in [0.1, 0.15) is 23.0 Å². The number of rotatable bonds is 5. The molecule has 1 heterocycles. The van der Waals surface area contributed by atoms with E-state index in [-0.39, 0.29) is 18.0 Å². The van der Waals surface area contributed by atoms with Gasteiger partial charge in [0.15, 0.2) is 0 Å². The maximum absolute atomic E-state index is 12.8. The molecule has 2 aromatic carbocycles. The van der Waals surface area contributed by atoms with E-state index in [0.29, 0.717) is 12.1 Å². The number of carboxylic acids is 1. The molecule has 0 aliphatic heterocycles. The fraction of sp³-hybridized carbons (Fsp3) is 0.200. The van der Waals surface area contributed by atoms with E-state index < -0.39 is 5.97 Å². The number of likely N-dealkylation sites (N-methyl/N-ethyl adjacent to an activating group) is 1. The monoisotopic (exact) mass is 414 g/mol. The van der Waals surface area contributed by atoms with Crippen LogP contribution in [0.4, 0.5) is 5.69 Å². The second kappa shape index (κ2) is 7.33. The molecule has 0 fully saturated rings. The third-order valence-electron chi connectivity index (χ3n) is 4.51. The number of hydrogen-bond acceptors (Lipinski definition) is 2. The fourth-order valence-electron chi connectivity index (χ4n) is 3.21. The highest BCUT2D eigenvalue weighted by atomic mass is 79.9. The van der Waals surface area contributed by atoms with E-state index in [4.69, 9.17) is 0 Å². The molecular formula is C20H19BrN2O3. The van der Waals surface area contributed by atoms with Crippen molar-refractivity contribution in [2.75, 3.05) is 11.9 Å². The topological polar surface area (TPSA) is 62.5 Å². The Bertz CT molecular complexity index is 977. The van der Waals surface area contributed by atoms with Crippen molar-refractivity contribution < 1.29 is 14.7 Å². The standard InChI is InChI=1S/C20H19BrN2O3/c1-3-23-17-7-5-4-6-15(17)16(19(23)20(25)26)12-18(24)22(2)14-10-8-13(21)9-11-14/h4-11H,3,12H2,1-2H3,(H,25,26). The summed E-state index contributed by atoms with van der Waals surface area (Å²) in [6, 6.07) is 14.9. The number of carbonyl (C=O) groups is 2. The maximum atomic E-state index is 12.8. The molecule has 0 unspecified atom stereocenters. The van der Waals surface area contributed by atoms with Crippen LogP contribution in [0.15, 0.2) is 53.0 Å². The van der Waals surface area contributed by atoms with Crippen molar-refractivity contribution in [3.05, 3.63) is 64.3 Å². The Kier molecular flexibility index (Phi) is 5.13. The van der Waals surface area contributed by atoms with Gasteiger partial charge in [0, 0.05) is 40.2 Å².